The number of hydrogen-bond acceptors (Lipinski definition) is 4. The maximum atomic E-state index is 11.9. The summed E-state index contributed by atoms with van der Waals surface area (Å²) in [5.41, 5.74) is 0.590. The van der Waals surface area contributed by atoms with E-state index in [9.17, 15) is 9.90 Å². The lowest BCUT2D eigenvalue weighted by molar-refractivity contribution is 0.130. The first-order chi connectivity index (χ1) is 8.74. The molecule has 5 heteroatoms. The zero-order valence-electron chi connectivity index (χ0n) is 9.89. The highest BCUT2D eigenvalue weighted by atomic mass is 16.3. The molecule has 18 heavy (non-hydrogen) atoms. The Morgan fingerprint density at radius 2 is 2.11 bits per heavy atom. The van der Waals surface area contributed by atoms with Gasteiger partial charge in [0.05, 0.1) is 17.0 Å². The van der Waals surface area contributed by atoms with Crippen LogP contribution in [0.4, 0.5) is 0 Å². The fourth-order valence-electron chi connectivity index (χ4n) is 2.43. The monoisotopic (exact) mass is 245 g/mol. The van der Waals surface area contributed by atoms with Crippen LogP contribution in [-0.4, -0.2) is 34.3 Å². The van der Waals surface area contributed by atoms with E-state index in [-0.39, 0.29) is 17.6 Å². The van der Waals surface area contributed by atoms with Crippen molar-refractivity contribution >= 4 is 10.9 Å². The quantitative estimate of drug-likeness (QED) is 0.678. The summed E-state index contributed by atoms with van der Waals surface area (Å²) in [6.07, 6.45) is 0.259. The van der Waals surface area contributed by atoms with E-state index in [1.165, 1.54) is 0 Å². The van der Waals surface area contributed by atoms with Crippen LogP contribution in [0.25, 0.3) is 10.9 Å². The van der Waals surface area contributed by atoms with Crippen LogP contribution in [-0.2, 0) is 0 Å². The zero-order chi connectivity index (χ0) is 12.5. The number of aromatic nitrogens is 2. The number of aliphatic hydroxyl groups excluding tert-OH is 1. The van der Waals surface area contributed by atoms with Crippen molar-refractivity contribution in [3.8, 4) is 0 Å². The van der Waals surface area contributed by atoms with E-state index in [1.807, 2.05) is 18.2 Å². The Morgan fingerprint density at radius 3 is 2.94 bits per heavy atom. The van der Waals surface area contributed by atoms with E-state index in [0.717, 1.165) is 6.54 Å². The molecule has 1 aromatic heterocycles. The van der Waals surface area contributed by atoms with Crippen LogP contribution in [0.3, 0.4) is 0 Å². The van der Waals surface area contributed by atoms with Gasteiger partial charge in [-0.05, 0) is 18.6 Å². The van der Waals surface area contributed by atoms with Crippen molar-refractivity contribution < 1.29 is 5.11 Å². The number of rotatable bonds is 1. The minimum Gasteiger partial charge on any atom is -0.392 e. The number of hydrogen-bond donors (Lipinski definition) is 3. The molecule has 5 nitrogen and oxygen atoms in total. The van der Waals surface area contributed by atoms with Crippen LogP contribution in [0.5, 0.6) is 0 Å². The number of H-pyrrole nitrogens is 1. The first kappa shape index (κ1) is 11.4. The lowest BCUT2D eigenvalue weighted by Crippen LogP contribution is -2.39. The summed E-state index contributed by atoms with van der Waals surface area (Å²) in [6.45, 7) is 1.34. The topological polar surface area (TPSA) is 78.0 Å². The van der Waals surface area contributed by atoms with Crippen LogP contribution < -0.4 is 10.9 Å². The Morgan fingerprint density at radius 1 is 1.28 bits per heavy atom. The van der Waals surface area contributed by atoms with Crippen molar-refractivity contribution in [2.45, 2.75) is 18.4 Å². The molecule has 94 valence electrons. The summed E-state index contributed by atoms with van der Waals surface area (Å²) < 4.78 is 0. The Balaban J connectivity index is 2.04. The molecule has 1 saturated heterocycles. The summed E-state index contributed by atoms with van der Waals surface area (Å²) in [6, 6.07) is 7.29. The fraction of sp³-hybridized carbons (Fsp3) is 0.385. The molecular weight excluding hydrogens is 230 g/mol. The molecule has 2 atom stereocenters. The van der Waals surface area contributed by atoms with Crippen molar-refractivity contribution in [2.75, 3.05) is 13.1 Å². The molecule has 0 aliphatic carbocycles. The van der Waals surface area contributed by atoms with E-state index < -0.39 is 0 Å². The molecule has 3 N–H and O–H groups in total. The Bertz CT molecular complexity index is 623. The second-order valence-electron chi connectivity index (χ2n) is 4.71. The molecule has 1 fully saturated rings. The van der Waals surface area contributed by atoms with Crippen molar-refractivity contribution in [1.29, 1.82) is 0 Å². The van der Waals surface area contributed by atoms with Crippen molar-refractivity contribution in [3.63, 3.8) is 0 Å². The molecular formula is C13H15N3O2. The van der Waals surface area contributed by atoms with Gasteiger partial charge in [-0.3, -0.25) is 4.79 Å². The third-order valence-electron chi connectivity index (χ3n) is 3.35. The van der Waals surface area contributed by atoms with Gasteiger partial charge in [0, 0.05) is 19.0 Å². The predicted molar refractivity (Wildman–Crippen MR) is 68.6 cm³/mol. The first-order valence-corrected chi connectivity index (χ1v) is 6.12. The van der Waals surface area contributed by atoms with Crippen LogP contribution >= 0.6 is 0 Å². The summed E-state index contributed by atoms with van der Waals surface area (Å²) in [5, 5.41) is 13.4. The molecule has 1 aliphatic rings. The average molecular weight is 245 g/mol. The molecule has 0 amide bonds. The van der Waals surface area contributed by atoms with Gasteiger partial charge in [-0.25, -0.2) is 4.98 Å². The average Bonchev–Trinajstić information content (AvgIpc) is 2.39. The number of benzene rings is 1. The summed E-state index contributed by atoms with van der Waals surface area (Å²) in [7, 11) is 0. The van der Waals surface area contributed by atoms with Crippen molar-refractivity contribution in [1.82, 2.24) is 15.3 Å². The zero-order valence-corrected chi connectivity index (χ0v) is 9.89. The van der Waals surface area contributed by atoms with E-state index in [0.29, 0.717) is 29.7 Å². The molecule has 0 saturated carbocycles. The second-order valence-corrected chi connectivity index (χ2v) is 4.71. The van der Waals surface area contributed by atoms with E-state index in [1.54, 1.807) is 6.07 Å². The van der Waals surface area contributed by atoms with Crippen LogP contribution in [0.15, 0.2) is 29.1 Å². The second kappa shape index (κ2) is 4.51. The first-order valence-electron chi connectivity index (χ1n) is 6.12. The highest BCUT2D eigenvalue weighted by Gasteiger charge is 2.23. The minimum absolute atomic E-state index is 0.0612. The number of piperidine rings is 1. The van der Waals surface area contributed by atoms with Crippen molar-refractivity contribution in [3.05, 3.63) is 40.4 Å². The molecule has 2 heterocycles. The Labute approximate surface area is 104 Å². The SMILES string of the molecule is O=c1[nH]c([C@@H]2CNC[C@H](O)C2)nc2ccccc12. The minimum atomic E-state index is -0.375. The van der Waals surface area contributed by atoms with Gasteiger partial charge in [0.25, 0.3) is 5.56 Å². The largest absolute Gasteiger partial charge is 0.392 e. The molecule has 0 unspecified atom stereocenters. The molecule has 0 spiro atoms. The van der Waals surface area contributed by atoms with Crippen molar-refractivity contribution in [2.24, 2.45) is 0 Å². The van der Waals surface area contributed by atoms with Crippen LogP contribution in [0, 0.1) is 0 Å². The maximum Gasteiger partial charge on any atom is 0.258 e. The lowest BCUT2D eigenvalue weighted by atomic mass is 9.96. The van der Waals surface area contributed by atoms with Gasteiger partial charge in [-0.15, -0.1) is 0 Å². The standard InChI is InChI=1S/C13H15N3O2/c17-9-5-8(6-14-7-9)12-15-11-4-2-1-3-10(11)13(18)16-12/h1-4,8-9,14,17H,5-7H2,(H,15,16,18)/t8-,9+/m0/s1. The summed E-state index contributed by atoms with van der Waals surface area (Å²) in [5.74, 6) is 0.719. The van der Waals surface area contributed by atoms with Gasteiger partial charge >= 0.3 is 0 Å². The Kier molecular flexibility index (Phi) is 2.85. The van der Waals surface area contributed by atoms with E-state index in [2.05, 4.69) is 15.3 Å². The van der Waals surface area contributed by atoms with Gasteiger partial charge < -0.3 is 15.4 Å². The number of nitrogens with zero attached hydrogens (tertiary/aromatic N) is 1. The number of nitrogens with one attached hydrogen (secondary N) is 2. The molecule has 2 aromatic rings. The highest BCUT2D eigenvalue weighted by Crippen LogP contribution is 2.20. The number of fused-ring (bicyclic) bond motifs is 1. The normalized spacial score (nSPS) is 24.3. The Hall–Kier alpha value is -1.72. The molecule has 1 aliphatic heterocycles. The number of para-hydroxylation sites is 1. The van der Waals surface area contributed by atoms with E-state index >= 15 is 0 Å². The molecule has 3 rings (SSSR count). The van der Waals surface area contributed by atoms with Gasteiger partial charge in [-0.2, -0.15) is 0 Å². The molecule has 1 aromatic carbocycles. The predicted octanol–water partition coefficient (Wildman–Crippen LogP) is 0.361. The smallest absolute Gasteiger partial charge is 0.258 e. The van der Waals surface area contributed by atoms with Gasteiger partial charge in [0.2, 0.25) is 0 Å². The van der Waals surface area contributed by atoms with Gasteiger partial charge in [0.15, 0.2) is 0 Å². The maximum absolute atomic E-state index is 11.9. The van der Waals surface area contributed by atoms with Gasteiger partial charge in [-0.1, -0.05) is 12.1 Å². The van der Waals surface area contributed by atoms with E-state index in [4.69, 9.17) is 0 Å². The van der Waals surface area contributed by atoms with Crippen LogP contribution in [0.1, 0.15) is 18.2 Å². The van der Waals surface area contributed by atoms with Gasteiger partial charge in [0.1, 0.15) is 5.82 Å². The number of aromatic amines is 1. The summed E-state index contributed by atoms with van der Waals surface area (Å²) in [4.78, 5) is 19.3. The number of aliphatic hydroxyl groups is 1. The third kappa shape index (κ3) is 2.02. The third-order valence-corrected chi connectivity index (χ3v) is 3.35. The molecule has 0 bridgehead atoms. The lowest BCUT2D eigenvalue weighted by Gasteiger charge is -2.26. The number of β-amino-alcohol motifs (C(OH)–C–C–N with tert-alkyl or cyclic N) is 1. The summed E-state index contributed by atoms with van der Waals surface area (Å²) >= 11 is 0. The fourth-order valence-corrected chi connectivity index (χ4v) is 2.43. The van der Waals surface area contributed by atoms with Crippen LogP contribution in [0.2, 0.25) is 0 Å². The molecule has 0 radical (unpaired) electrons. The highest BCUT2D eigenvalue weighted by molar-refractivity contribution is 5.77.